The lowest BCUT2D eigenvalue weighted by Gasteiger charge is -2.35. The van der Waals surface area contributed by atoms with Gasteiger partial charge < -0.3 is 14.8 Å². The largest absolute Gasteiger partial charge is 0.389 e. The Morgan fingerprint density at radius 1 is 1.23 bits per heavy atom. The summed E-state index contributed by atoms with van der Waals surface area (Å²) in [6, 6.07) is 0.414. The molecule has 2 aliphatic carbocycles. The third-order valence-corrected chi connectivity index (χ3v) is 7.41. The number of nitrogens with one attached hydrogen (secondary N) is 1. The third-order valence-electron chi connectivity index (χ3n) is 6.22. The lowest BCUT2D eigenvalue weighted by Crippen LogP contribution is -2.43. The SMILES string of the molecule is CC(C)(C)OCC(O)CN(Cc1nc2sc3c(c2c(=O)[nH]1)CCC3)C1CCCCC1. The van der Waals surface area contributed by atoms with Gasteiger partial charge in [-0.15, -0.1) is 11.3 Å². The molecule has 1 atom stereocenters. The van der Waals surface area contributed by atoms with Crippen molar-refractivity contribution in [3.8, 4) is 0 Å². The van der Waals surface area contributed by atoms with Crippen LogP contribution < -0.4 is 5.56 Å². The number of rotatable bonds is 7. The van der Waals surface area contributed by atoms with Gasteiger partial charge in [0.25, 0.3) is 5.56 Å². The van der Waals surface area contributed by atoms with Gasteiger partial charge in [-0.1, -0.05) is 19.3 Å². The minimum Gasteiger partial charge on any atom is -0.389 e. The first-order valence-corrected chi connectivity index (χ1v) is 12.2. The van der Waals surface area contributed by atoms with Crippen LogP contribution in [0.3, 0.4) is 0 Å². The molecule has 0 spiro atoms. The molecule has 7 heteroatoms. The molecule has 1 unspecified atom stereocenters. The van der Waals surface area contributed by atoms with E-state index in [2.05, 4.69) is 9.88 Å². The van der Waals surface area contributed by atoms with Crippen LogP contribution in [0.5, 0.6) is 0 Å². The average Bonchev–Trinajstić information content (AvgIpc) is 3.27. The first-order chi connectivity index (χ1) is 14.3. The maximum Gasteiger partial charge on any atom is 0.259 e. The van der Waals surface area contributed by atoms with Gasteiger partial charge in [0.15, 0.2) is 0 Å². The molecule has 0 radical (unpaired) electrons. The van der Waals surface area contributed by atoms with E-state index < -0.39 is 6.10 Å². The summed E-state index contributed by atoms with van der Waals surface area (Å²) in [6.45, 7) is 7.41. The number of aromatic nitrogens is 2. The minimum atomic E-state index is -0.563. The second-order valence-corrected chi connectivity index (χ2v) is 10.9. The van der Waals surface area contributed by atoms with Gasteiger partial charge in [0, 0.05) is 17.5 Å². The Morgan fingerprint density at radius 2 is 2.00 bits per heavy atom. The van der Waals surface area contributed by atoms with Crippen LogP contribution in [-0.2, 0) is 24.1 Å². The van der Waals surface area contributed by atoms with Crippen molar-refractivity contribution in [2.24, 2.45) is 0 Å². The molecule has 0 aliphatic heterocycles. The maximum absolute atomic E-state index is 12.8. The van der Waals surface area contributed by atoms with E-state index in [-0.39, 0.29) is 11.2 Å². The molecular formula is C23H35N3O3S. The van der Waals surface area contributed by atoms with E-state index in [4.69, 9.17) is 9.72 Å². The molecule has 0 saturated heterocycles. The van der Waals surface area contributed by atoms with Gasteiger partial charge in [0.1, 0.15) is 10.7 Å². The highest BCUT2D eigenvalue weighted by Crippen LogP contribution is 2.34. The Morgan fingerprint density at radius 3 is 2.73 bits per heavy atom. The number of thiophene rings is 1. The van der Waals surface area contributed by atoms with Crippen molar-refractivity contribution in [2.75, 3.05) is 13.2 Å². The Balaban J connectivity index is 1.53. The fourth-order valence-corrected chi connectivity index (χ4v) is 6.05. The number of aliphatic hydroxyl groups excluding tert-OH is 1. The zero-order chi connectivity index (χ0) is 21.3. The molecule has 2 aliphatic rings. The van der Waals surface area contributed by atoms with E-state index >= 15 is 0 Å². The molecule has 0 bridgehead atoms. The number of aryl methyl sites for hydroxylation is 2. The Hall–Kier alpha value is -1.28. The standard InChI is InChI=1S/C23H35N3O3S/c1-23(2,3)29-14-16(27)12-26(15-8-5-4-6-9-15)13-19-24-21(28)20-17-10-7-11-18(17)30-22(20)25-19/h15-16,27H,4-14H2,1-3H3,(H,24,25,28). The molecule has 4 rings (SSSR count). The molecule has 0 aromatic carbocycles. The monoisotopic (exact) mass is 433 g/mol. The van der Waals surface area contributed by atoms with Gasteiger partial charge in [-0.25, -0.2) is 4.98 Å². The van der Waals surface area contributed by atoms with Crippen molar-refractivity contribution in [1.82, 2.24) is 14.9 Å². The van der Waals surface area contributed by atoms with Crippen LogP contribution in [0.1, 0.15) is 75.6 Å². The molecule has 2 aromatic rings. The summed E-state index contributed by atoms with van der Waals surface area (Å²) in [7, 11) is 0. The summed E-state index contributed by atoms with van der Waals surface area (Å²) in [4.78, 5) is 25.2. The van der Waals surface area contributed by atoms with E-state index in [1.807, 2.05) is 20.8 Å². The molecule has 2 aromatic heterocycles. The number of aliphatic hydroxyl groups is 1. The fourth-order valence-electron chi connectivity index (χ4n) is 4.77. The summed E-state index contributed by atoms with van der Waals surface area (Å²) < 4.78 is 5.79. The summed E-state index contributed by atoms with van der Waals surface area (Å²) in [5.41, 5.74) is 0.942. The van der Waals surface area contributed by atoms with E-state index in [0.717, 1.165) is 42.3 Å². The number of nitrogens with zero attached hydrogens (tertiary/aromatic N) is 2. The molecule has 2 heterocycles. The smallest absolute Gasteiger partial charge is 0.259 e. The zero-order valence-electron chi connectivity index (χ0n) is 18.5. The molecule has 1 fully saturated rings. The zero-order valence-corrected chi connectivity index (χ0v) is 19.3. The molecule has 1 saturated carbocycles. The fraction of sp³-hybridized carbons (Fsp3) is 0.739. The average molecular weight is 434 g/mol. The van der Waals surface area contributed by atoms with E-state index in [1.54, 1.807) is 11.3 Å². The van der Waals surface area contributed by atoms with Gasteiger partial charge in [-0.3, -0.25) is 9.69 Å². The number of hydrogen-bond donors (Lipinski definition) is 2. The predicted octanol–water partition coefficient (Wildman–Crippen LogP) is 3.78. The number of ether oxygens (including phenoxy) is 1. The van der Waals surface area contributed by atoms with Crippen molar-refractivity contribution in [1.29, 1.82) is 0 Å². The normalized spacial score (nSPS) is 19.0. The van der Waals surface area contributed by atoms with Crippen LogP contribution in [0.25, 0.3) is 10.2 Å². The Labute approximate surface area is 182 Å². The van der Waals surface area contributed by atoms with Gasteiger partial charge >= 0.3 is 0 Å². The lowest BCUT2D eigenvalue weighted by atomic mass is 9.94. The Bertz CT molecular complexity index is 924. The van der Waals surface area contributed by atoms with Crippen molar-refractivity contribution in [2.45, 2.75) is 96.4 Å². The summed E-state index contributed by atoms with van der Waals surface area (Å²) in [5, 5.41) is 11.4. The highest BCUT2D eigenvalue weighted by Gasteiger charge is 2.26. The summed E-state index contributed by atoms with van der Waals surface area (Å²) in [6.07, 6.45) is 8.62. The second-order valence-electron chi connectivity index (χ2n) is 9.85. The van der Waals surface area contributed by atoms with Gasteiger partial charge in [-0.2, -0.15) is 0 Å². The van der Waals surface area contributed by atoms with Crippen molar-refractivity contribution in [3.63, 3.8) is 0 Å². The first-order valence-electron chi connectivity index (χ1n) is 11.4. The minimum absolute atomic E-state index is 0.00499. The highest BCUT2D eigenvalue weighted by molar-refractivity contribution is 7.18. The molecule has 30 heavy (non-hydrogen) atoms. The van der Waals surface area contributed by atoms with E-state index in [0.29, 0.717) is 31.6 Å². The number of H-pyrrole nitrogens is 1. The van der Waals surface area contributed by atoms with Gasteiger partial charge in [-0.05, 0) is 58.4 Å². The molecule has 6 nitrogen and oxygen atoms in total. The van der Waals surface area contributed by atoms with Crippen molar-refractivity contribution in [3.05, 3.63) is 26.6 Å². The maximum atomic E-state index is 12.8. The number of aromatic amines is 1. The van der Waals surface area contributed by atoms with Crippen LogP contribution in [-0.4, -0.2) is 50.9 Å². The van der Waals surface area contributed by atoms with Crippen LogP contribution in [0, 0.1) is 0 Å². The number of hydrogen-bond acceptors (Lipinski definition) is 6. The molecule has 0 amide bonds. The second kappa shape index (κ2) is 9.07. The van der Waals surface area contributed by atoms with Crippen LogP contribution in [0.4, 0.5) is 0 Å². The van der Waals surface area contributed by atoms with Crippen molar-refractivity contribution >= 4 is 21.6 Å². The quantitative estimate of drug-likeness (QED) is 0.695. The van der Waals surface area contributed by atoms with E-state index in [1.165, 1.54) is 29.7 Å². The molecule has 166 valence electrons. The summed E-state index contributed by atoms with van der Waals surface area (Å²) in [5.74, 6) is 0.710. The van der Waals surface area contributed by atoms with Gasteiger partial charge in [0.2, 0.25) is 0 Å². The van der Waals surface area contributed by atoms with E-state index in [9.17, 15) is 9.90 Å². The van der Waals surface area contributed by atoms with Crippen LogP contribution in [0.15, 0.2) is 4.79 Å². The number of fused-ring (bicyclic) bond motifs is 3. The lowest BCUT2D eigenvalue weighted by molar-refractivity contribution is -0.0610. The molecule has 2 N–H and O–H groups in total. The molecular weight excluding hydrogens is 398 g/mol. The predicted molar refractivity (Wildman–Crippen MR) is 121 cm³/mol. The summed E-state index contributed by atoms with van der Waals surface area (Å²) >= 11 is 1.68. The van der Waals surface area contributed by atoms with Gasteiger partial charge in [0.05, 0.1) is 30.2 Å². The van der Waals surface area contributed by atoms with Crippen molar-refractivity contribution < 1.29 is 9.84 Å². The third kappa shape index (κ3) is 5.13. The van der Waals surface area contributed by atoms with Crippen LogP contribution >= 0.6 is 11.3 Å². The highest BCUT2D eigenvalue weighted by atomic mass is 32.1. The topological polar surface area (TPSA) is 78.5 Å². The first kappa shape index (κ1) is 21.9. The Kier molecular flexibility index (Phi) is 6.63. The van der Waals surface area contributed by atoms with Crippen LogP contribution in [0.2, 0.25) is 0 Å².